The molecule has 0 bridgehead atoms. The van der Waals surface area contributed by atoms with Crippen molar-refractivity contribution in [2.75, 3.05) is 12.0 Å². The van der Waals surface area contributed by atoms with E-state index < -0.39 is 78.5 Å². The maximum Gasteiger partial charge on any atom is 0.326 e. The summed E-state index contributed by atoms with van der Waals surface area (Å²) >= 11 is 1.46. The van der Waals surface area contributed by atoms with E-state index in [1.807, 2.05) is 6.26 Å². The average molecular weight is 492 g/mol. The van der Waals surface area contributed by atoms with Gasteiger partial charge in [-0.2, -0.15) is 11.8 Å². The lowest BCUT2D eigenvalue weighted by Gasteiger charge is -2.27. The van der Waals surface area contributed by atoms with E-state index in [0.717, 1.165) is 0 Å². The van der Waals surface area contributed by atoms with Crippen molar-refractivity contribution in [2.24, 2.45) is 17.4 Å². The summed E-state index contributed by atoms with van der Waals surface area (Å²) in [7, 11) is 0. The Morgan fingerprint density at radius 1 is 0.909 bits per heavy atom. The lowest BCUT2D eigenvalue weighted by molar-refractivity contribution is -0.144. The summed E-state index contributed by atoms with van der Waals surface area (Å²) in [6, 6.07) is -5.35. The number of nitrogens with two attached hydrogens (primary N) is 2. The summed E-state index contributed by atoms with van der Waals surface area (Å²) in [6.07, 6.45) is 1.10. The second kappa shape index (κ2) is 15.1. The fourth-order valence-corrected chi connectivity index (χ4v) is 3.15. The molecule has 33 heavy (non-hydrogen) atoms. The van der Waals surface area contributed by atoms with Crippen LogP contribution in [0.5, 0.6) is 0 Å². The molecule has 0 aliphatic heterocycles. The summed E-state index contributed by atoms with van der Waals surface area (Å²) in [6.45, 7) is 3.33. The first-order valence-corrected chi connectivity index (χ1v) is 11.6. The van der Waals surface area contributed by atoms with E-state index in [4.69, 9.17) is 16.6 Å². The van der Waals surface area contributed by atoms with Crippen molar-refractivity contribution in [3.05, 3.63) is 0 Å². The molecular formula is C19H33N5O8S. The van der Waals surface area contributed by atoms with Gasteiger partial charge in [0.1, 0.15) is 18.1 Å². The highest BCUT2D eigenvalue weighted by Crippen LogP contribution is 2.10. The average Bonchev–Trinajstić information content (AvgIpc) is 2.72. The van der Waals surface area contributed by atoms with Crippen LogP contribution >= 0.6 is 11.8 Å². The number of thioether (sulfide) groups is 1. The highest BCUT2D eigenvalue weighted by atomic mass is 32.2. The molecule has 4 amide bonds. The van der Waals surface area contributed by atoms with Crippen LogP contribution < -0.4 is 27.4 Å². The number of carboxylic acids is 2. The molecule has 0 aromatic carbocycles. The Morgan fingerprint density at radius 3 is 1.94 bits per heavy atom. The Bertz CT molecular complexity index is 735. The van der Waals surface area contributed by atoms with Gasteiger partial charge in [-0.3, -0.25) is 24.0 Å². The Hall–Kier alpha value is -2.87. The van der Waals surface area contributed by atoms with Crippen LogP contribution in [0, 0.1) is 5.92 Å². The van der Waals surface area contributed by atoms with E-state index in [2.05, 4.69) is 16.0 Å². The van der Waals surface area contributed by atoms with Crippen LogP contribution in [0.3, 0.4) is 0 Å². The Balaban J connectivity index is 5.55. The number of hydrogen-bond donors (Lipinski definition) is 7. The van der Waals surface area contributed by atoms with Crippen LogP contribution in [-0.2, 0) is 28.8 Å². The number of amides is 4. The van der Waals surface area contributed by atoms with Gasteiger partial charge in [-0.1, -0.05) is 20.3 Å². The zero-order valence-corrected chi connectivity index (χ0v) is 19.6. The van der Waals surface area contributed by atoms with Crippen LogP contribution in [0.4, 0.5) is 0 Å². The molecule has 0 aromatic rings. The fourth-order valence-electron chi connectivity index (χ4n) is 2.66. The number of rotatable bonds is 16. The monoisotopic (exact) mass is 491 g/mol. The number of carboxylic acid groups (broad SMARTS) is 2. The first-order chi connectivity index (χ1) is 15.3. The zero-order valence-electron chi connectivity index (χ0n) is 18.8. The number of hydrogen-bond acceptors (Lipinski definition) is 8. The summed E-state index contributed by atoms with van der Waals surface area (Å²) in [5.74, 6) is -6.31. The molecule has 0 spiro atoms. The largest absolute Gasteiger partial charge is 0.481 e. The van der Waals surface area contributed by atoms with E-state index in [0.29, 0.717) is 18.6 Å². The van der Waals surface area contributed by atoms with Gasteiger partial charge >= 0.3 is 11.9 Å². The minimum atomic E-state index is -1.61. The van der Waals surface area contributed by atoms with E-state index in [1.165, 1.54) is 11.8 Å². The quantitative estimate of drug-likeness (QED) is 0.125. The number of nitrogens with one attached hydrogen (secondary N) is 3. The third-order valence-electron chi connectivity index (χ3n) is 4.79. The molecule has 0 rings (SSSR count). The second-order valence-electron chi connectivity index (χ2n) is 7.49. The van der Waals surface area contributed by atoms with E-state index in [1.54, 1.807) is 13.8 Å². The third kappa shape index (κ3) is 11.5. The highest BCUT2D eigenvalue weighted by molar-refractivity contribution is 7.98. The van der Waals surface area contributed by atoms with Crippen molar-refractivity contribution in [3.63, 3.8) is 0 Å². The summed E-state index contributed by atoms with van der Waals surface area (Å²) in [4.78, 5) is 71.4. The lowest BCUT2D eigenvalue weighted by Crippen LogP contribution is -2.59. The molecule has 0 saturated carbocycles. The van der Waals surface area contributed by atoms with Crippen LogP contribution in [0.15, 0.2) is 0 Å². The van der Waals surface area contributed by atoms with Gasteiger partial charge in [0.25, 0.3) is 0 Å². The molecule has 0 aliphatic carbocycles. The summed E-state index contributed by atoms with van der Waals surface area (Å²) in [5.41, 5.74) is 10.8. The fraction of sp³-hybridized carbons (Fsp3) is 0.684. The van der Waals surface area contributed by atoms with Crippen molar-refractivity contribution in [1.82, 2.24) is 16.0 Å². The molecule has 0 aliphatic rings. The highest BCUT2D eigenvalue weighted by Gasteiger charge is 2.33. The smallest absolute Gasteiger partial charge is 0.326 e. The van der Waals surface area contributed by atoms with Crippen molar-refractivity contribution in [2.45, 2.75) is 63.7 Å². The first-order valence-electron chi connectivity index (χ1n) is 10.2. The third-order valence-corrected chi connectivity index (χ3v) is 5.44. The lowest BCUT2D eigenvalue weighted by atomic mass is 9.97. The molecular weight excluding hydrogens is 458 g/mol. The minimum absolute atomic E-state index is 0.308. The summed E-state index contributed by atoms with van der Waals surface area (Å²) in [5, 5.41) is 25.1. The maximum atomic E-state index is 12.8. The van der Waals surface area contributed by atoms with Crippen molar-refractivity contribution >= 4 is 47.3 Å². The number of aliphatic carboxylic acids is 2. The molecule has 5 unspecified atom stereocenters. The number of carbonyl (C=O) groups excluding carboxylic acids is 4. The molecule has 13 nitrogen and oxygen atoms in total. The van der Waals surface area contributed by atoms with E-state index in [9.17, 15) is 33.9 Å². The van der Waals surface area contributed by atoms with Crippen LogP contribution in [0.25, 0.3) is 0 Å². The normalized spacial score (nSPS) is 15.3. The predicted molar refractivity (Wildman–Crippen MR) is 120 cm³/mol. The van der Waals surface area contributed by atoms with Gasteiger partial charge in [-0.15, -0.1) is 0 Å². The number of carbonyl (C=O) groups is 6. The first kappa shape index (κ1) is 30.1. The standard InChI is InChI=1S/C19H33N5O8S/c1-4-9(2)15(18(30)23-12(19(31)32)7-13(21)25)24-17(29)11(8-14(26)27)22-16(28)10(20)5-6-33-3/h9-12,15H,4-8,20H2,1-3H3,(H2,21,25)(H,22,28)(H,23,30)(H,24,29)(H,26,27)(H,31,32). The van der Waals surface area contributed by atoms with E-state index in [-0.39, 0.29) is 0 Å². The molecule has 0 heterocycles. The van der Waals surface area contributed by atoms with Crippen molar-refractivity contribution in [1.29, 1.82) is 0 Å². The van der Waals surface area contributed by atoms with Crippen LogP contribution in [-0.4, -0.2) is 82.0 Å². The van der Waals surface area contributed by atoms with Crippen molar-refractivity contribution < 1.29 is 39.0 Å². The van der Waals surface area contributed by atoms with Gasteiger partial charge in [0.15, 0.2) is 0 Å². The Morgan fingerprint density at radius 2 is 1.48 bits per heavy atom. The molecule has 9 N–H and O–H groups in total. The molecule has 5 atom stereocenters. The second-order valence-corrected chi connectivity index (χ2v) is 8.47. The van der Waals surface area contributed by atoms with Gasteiger partial charge in [-0.25, -0.2) is 4.79 Å². The SMILES string of the molecule is CCC(C)C(NC(=O)C(CC(=O)O)NC(=O)C(N)CCSC)C(=O)NC(CC(N)=O)C(=O)O. The van der Waals surface area contributed by atoms with Gasteiger partial charge < -0.3 is 37.6 Å². The van der Waals surface area contributed by atoms with Gasteiger partial charge in [-0.05, 0) is 24.3 Å². The summed E-state index contributed by atoms with van der Waals surface area (Å²) < 4.78 is 0. The molecule has 0 aromatic heterocycles. The van der Waals surface area contributed by atoms with Crippen LogP contribution in [0.1, 0.15) is 39.5 Å². The topological polar surface area (TPSA) is 231 Å². The Labute approximate surface area is 195 Å². The Kier molecular flexibility index (Phi) is 13.7. The molecule has 0 saturated heterocycles. The predicted octanol–water partition coefficient (Wildman–Crippen LogP) is -2.00. The molecule has 0 radical (unpaired) electrons. The van der Waals surface area contributed by atoms with E-state index >= 15 is 0 Å². The minimum Gasteiger partial charge on any atom is -0.481 e. The van der Waals surface area contributed by atoms with Gasteiger partial charge in [0.05, 0.1) is 18.9 Å². The van der Waals surface area contributed by atoms with Gasteiger partial charge in [0, 0.05) is 0 Å². The molecule has 14 heteroatoms. The zero-order chi connectivity index (χ0) is 25.7. The maximum absolute atomic E-state index is 12.8. The molecule has 0 fully saturated rings. The molecule has 188 valence electrons. The van der Waals surface area contributed by atoms with Crippen LogP contribution in [0.2, 0.25) is 0 Å². The van der Waals surface area contributed by atoms with Gasteiger partial charge in [0.2, 0.25) is 23.6 Å². The number of primary amides is 1. The van der Waals surface area contributed by atoms with Crippen molar-refractivity contribution in [3.8, 4) is 0 Å².